The van der Waals surface area contributed by atoms with Gasteiger partial charge in [-0.3, -0.25) is 0 Å². The SMILES string of the molecule is CC1=C[C@H](O)CC(C)(C)C1/C=C/C(C)=C/C=C/C(C)=C/C=C/C=C(C)/C=C/C=C(C)/C=C/C1=C(C)CC(O)CC1(C)C. The highest BCUT2D eigenvalue weighted by Gasteiger charge is 2.34. The van der Waals surface area contributed by atoms with Gasteiger partial charge in [-0.1, -0.05) is 152 Å². The molecule has 0 amide bonds. The van der Waals surface area contributed by atoms with E-state index < -0.39 is 0 Å². The molecule has 0 aromatic heterocycles. The third kappa shape index (κ3) is 11.7. The zero-order valence-electron chi connectivity index (χ0n) is 27.9. The van der Waals surface area contributed by atoms with Gasteiger partial charge in [-0.05, 0) is 77.2 Å². The monoisotopic (exact) mass is 568 g/mol. The lowest BCUT2D eigenvalue weighted by Crippen LogP contribution is -2.32. The smallest absolute Gasteiger partial charge is 0.0729 e. The molecule has 228 valence electrons. The van der Waals surface area contributed by atoms with E-state index in [2.05, 4.69) is 154 Å². The van der Waals surface area contributed by atoms with Gasteiger partial charge in [0.15, 0.2) is 0 Å². The number of aliphatic hydroxyl groups excluding tert-OH is 2. The van der Waals surface area contributed by atoms with Crippen LogP contribution in [-0.4, -0.2) is 22.4 Å². The second-order valence-electron chi connectivity index (χ2n) is 13.7. The van der Waals surface area contributed by atoms with Crippen molar-refractivity contribution in [3.63, 3.8) is 0 Å². The maximum Gasteiger partial charge on any atom is 0.0729 e. The summed E-state index contributed by atoms with van der Waals surface area (Å²) in [6.07, 6.45) is 33.8. The molecule has 2 heteroatoms. The van der Waals surface area contributed by atoms with Crippen LogP contribution in [0.1, 0.15) is 88.5 Å². The zero-order chi connectivity index (χ0) is 31.5. The molecule has 0 saturated heterocycles. The van der Waals surface area contributed by atoms with Gasteiger partial charge in [0.2, 0.25) is 0 Å². The van der Waals surface area contributed by atoms with Crippen LogP contribution in [0.2, 0.25) is 0 Å². The predicted molar refractivity (Wildman–Crippen MR) is 184 cm³/mol. The average molecular weight is 569 g/mol. The van der Waals surface area contributed by atoms with Crippen molar-refractivity contribution < 1.29 is 10.2 Å². The Morgan fingerprint density at radius 1 is 0.714 bits per heavy atom. The van der Waals surface area contributed by atoms with Crippen molar-refractivity contribution in [2.24, 2.45) is 16.7 Å². The molecule has 0 radical (unpaired) electrons. The molecule has 0 aromatic carbocycles. The molecule has 0 spiro atoms. The maximum absolute atomic E-state index is 10.1. The van der Waals surface area contributed by atoms with Gasteiger partial charge in [-0.25, -0.2) is 0 Å². The molecule has 3 atom stereocenters. The van der Waals surface area contributed by atoms with E-state index in [9.17, 15) is 10.2 Å². The van der Waals surface area contributed by atoms with E-state index in [1.54, 1.807) is 0 Å². The molecule has 2 N–H and O–H groups in total. The first-order valence-corrected chi connectivity index (χ1v) is 15.4. The fraction of sp³-hybridized carbons (Fsp3) is 0.450. The summed E-state index contributed by atoms with van der Waals surface area (Å²) < 4.78 is 0. The highest BCUT2D eigenvalue weighted by atomic mass is 16.3. The molecule has 0 aromatic rings. The standard InChI is InChI=1S/C40H56O2/c1-29(17-13-19-31(3)21-23-37-33(5)25-35(41)27-39(37,7)8)15-11-12-16-30(2)18-14-20-32(4)22-24-38-34(6)26-36(42)28-40(38,9)10/h11-25,35-37,41-42H,26-28H2,1-10H3/b12-11+,17-13+,18-14+,23-21+,24-22+,29-15+,30-16+,31-19+,32-20+/t35-,36?,37?/m0/s1. The van der Waals surface area contributed by atoms with Crippen LogP contribution < -0.4 is 0 Å². The van der Waals surface area contributed by atoms with E-state index in [1.807, 2.05) is 6.08 Å². The molecule has 0 saturated carbocycles. The second-order valence-corrected chi connectivity index (χ2v) is 13.7. The lowest BCUT2D eigenvalue weighted by molar-refractivity contribution is 0.116. The van der Waals surface area contributed by atoms with Gasteiger partial charge in [0.1, 0.15) is 0 Å². The van der Waals surface area contributed by atoms with Crippen LogP contribution in [0.4, 0.5) is 0 Å². The first-order chi connectivity index (χ1) is 19.6. The molecule has 0 heterocycles. The molecule has 2 unspecified atom stereocenters. The summed E-state index contributed by atoms with van der Waals surface area (Å²) in [7, 11) is 0. The van der Waals surface area contributed by atoms with Crippen molar-refractivity contribution in [1.82, 2.24) is 0 Å². The zero-order valence-corrected chi connectivity index (χ0v) is 27.9. The van der Waals surface area contributed by atoms with Gasteiger partial charge in [-0.15, -0.1) is 0 Å². The Balaban J connectivity index is 1.90. The molecule has 2 nitrogen and oxygen atoms in total. The number of rotatable bonds is 10. The first kappa shape index (κ1) is 35.3. The number of allylic oxidation sites excluding steroid dienone is 20. The summed E-state index contributed by atoms with van der Waals surface area (Å²) in [6.45, 7) is 21.6. The van der Waals surface area contributed by atoms with E-state index in [0.29, 0.717) is 5.92 Å². The quantitative estimate of drug-likeness (QED) is 0.203. The molecule has 42 heavy (non-hydrogen) atoms. The van der Waals surface area contributed by atoms with Gasteiger partial charge in [0, 0.05) is 5.92 Å². The second kappa shape index (κ2) is 16.1. The fourth-order valence-electron chi connectivity index (χ4n) is 6.14. The fourth-order valence-corrected chi connectivity index (χ4v) is 6.14. The Kier molecular flexibility index (Phi) is 13.5. The van der Waals surface area contributed by atoms with Crippen molar-refractivity contribution >= 4 is 0 Å². The van der Waals surface area contributed by atoms with Crippen molar-refractivity contribution in [2.45, 2.75) is 101 Å². The van der Waals surface area contributed by atoms with Crippen molar-refractivity contribution in [2.75, 3.05) is 0 Å². The Morgan fingerprint density at radius 3 is 1.74 bits per heavy atom. The first-order valence-electron chi connectivity index (χ1n) is 15.4. The highest BCUT2D eigenvalue weighted by molar-refractivity contribution is 5.38. The Labute approximate surface area is 257 Å². The van der Waals surface area contributed by atoms with Crippen LogP contribution in [-0.2, 0) is 0 Å². The number of hydrogen-bond donors (Lipinski definition) is 2. The molecule has 2 aliphatic rings. The van der Waals surface area contributed by atoms with Crippen LogP contribution in [0.5, 0.6) is 0 Å². The number of aliphatic hydroxyl groups is 2. The lowest BCUT2D eigenvalue weighted by Gasteiger charge is -2.38. The summed E-state index contributed by atoms with van der Waals surface area (Å²) in [6, 6.07) is 0. The maximum atomic E-state index is 10.1. The van der Waals surface area contributed by atoms with Gasteiger partial charge < -0.3 is 10.2 Å². The topological polar surface area (TPSA) is 40.5 Å². The molecule has 2 aliphatic carbocycles. The predicted octanol–water partition coefficient (Wildman–Crippen LogP) is 10.4. The molecule has 0 aliphatic heterocycles. The minimum atomic E-state index is -0.331. The Morgan fingerprint density at radius 2 is 1.21 bits per heavy atom. The summed E-state index contributed by atoms with van der Waals surface area (Å²) in [5, 5.41) is 20.2. The van der Waals surface area contributed by atoms with Crippen LogP contribution in [0.3, 0.4) is 0 Å². The van der Waals surface area contributed by atoms with Crippen LogP contribution in [0.25, 0.3) is 0 Å². The van der Waals surface area contributed by atoms with E-state index in [1.165, 1.54) is 39.0 Å². The van der Waals surface area contributed by atoms with Crippen LogP contribution >= 0.6 is 0 Å². The molecule has 0 bridgehead atoms. The molecular weight excluding hydrogens is 512 g/mol. The van der Waals surface area contributed by atoms with Crippen molar-refractivity contribution in [1.29, 1.82) is 0 Å². The third-order valence-corrected chi connectivity index (χ3v) is 8.33. The normalized spacial score (nSPS) is 26.6. The van der Waals surface area contributed by atoms with E-state index in [-0.39, 0.29) is 23.0 Å². The molecule has 2 rings (SSSR count). The largest absolute Gasteiger partial charge is 0.393 e. The summed E-state index contributed by atoms with van der Waals surface area (Å²) in [5.41, 5.74) is 8.73. The van der Waals surface area contributed by atoms with E-state index >= 15 is 0 Å². The molecular formula is C40H56O2. The third-order valence-electron chi connectivity index (χ3n) is 8.33. The van der Waals surface area contributed by atoms with Gasteiger partial charge >= 0.3 is 0 Å². The Hall–Kier alpha value is -2.94. The Bertz CT molecular complexity index is 1270. The minimum absolute atomic E-state index is 0.00528. The minimum Gasteiger partial charge on any atom is -0.393 e. The van der Waals surface area contributed by atoms with E-state index in [4.69, 9.17) is 0 Å². The lowest BCUT2D eigenvalue weighted by atomic mass is 9.67. The summed E-state index contributed by atoms with van der Waals surface area (Å²) in [5.74, 6) is 0.348. The summed E-state index contributed by atoms with van der Waals surface area (Å²) >= 11 is 0. The van der Waals surface area contributed by atoms with E-state index in [0.717, 1.165) is 19.3 Å². The molecule has 0 fully saturated rings. The van der Waals surface area contributed by atoms with Crippen molar-refractivity contribution in [3.8, 4) is 0 Å². The average Bonchev–Trinajstić information content (AvgIpc) is 2.84. The van der Waals surface area contributed by atoms with Gasteiger partial charge in [0.25, 0.3) is 0 Å². The van der Waals surface area contributed by atoms with Gasteiger partial charge in [-0.2, -0.15) is 0 Å². The van der Waals surface area contributed by atoms with Crippen LogP contribution in [0.15, 0.2) is 130 Å². The van der Waals surface area contributed by atoms with Crippen LogP contribution in [0, 0.1) is 16.7 Å². The highest BCUT2D eigenvalue weighted by Crippen LogP contribution is 2.42. The summed E-state index contributed by atoms with van der Waals surface area (Å²) in [4.78, 5) is 0. The number of hydrogen-bond acceptors (Lipinski definition) is 2. The van der Waals surface area contributed by atoms with Crippen molar-refractivity contribution in [3.05, 3.63) is 130 Å². The van der Waals surface area contributed by atoms with Gasteiger partial charge in [0.05, 0.1) is 12.2 Å².